The van der Waals surface area contributed by atoms with Gasteiger partial charge in [0.15, 0.2) is 4.32 Å². The summed E-state index contributed by atoms with van der Waals surface area (Å²) in [6, 6.07) is 0. The molecule has 3 rings (SSSR count). The molecule has 0 spiro atoms. The molecule has 2 heterocycles. The Kier molecular flexibility index (Phi) is 4.58. The molecule has 1 aromatic carbocycles. The summed E-state index contributed by atoms with van der Waals surface area (Å²) in [4.78, 5) is 37.3. The number of fused-ring (bicyclic) bond motifs is 1. The Labute approximate surface area is 167 Å². The van der Waals surface area contributed by atoms with Crippen molar-refractivity contribution < 1.29 is 14.4 Å². The molecule has 11 heteroatoms. The summed E-state index contributed by atoms with van der Waals surface area (Å²) in [6.07, 6.45) is 0. The van der Waals surface area contributed by atoms with E-state index in [2.05, 4.69) is 63.7 Å². The molecule has 1 fully saturated rings. The molecule has 0 radical (unpaired) electrons. The minimum absolute atomic E-state index is 0.113. The maximum atomic E-state index is 12.7. The van der Waals surface area contributed by atoms with Crippen LogP contribution in [0.4, 0.5) is 0 Å². The van der Waals surface area contributed by atoms with Crippen LogP contribution in [0.2, 0.25) is 0 Å². The highest BCUT2D eigenvalue weighted by molar-refractivity contribution is 9.15. The first kappa shape index (κ1) is 17.0. The van der Waals surface area contributed by atoms with Crippen molar-refractivity contribution in [3.63, 3.8) is 0 Å². The number of thioether (sulfide) groups is 1. The number of carbonyl (C=O) groups excluding carboxylic acids is 3. The van der Waals surface area contributed by atoms with Crippen molar-refractivity contribution in [2.75, 3.05) is 5.75 Å². The van der Waals surface area contributed by atoms with E-state index in [9.17, 15) is 14.4 Å². The molecule has 0 atom stereocenters. The summed E-state index contributed by atoms with van der Waals surface area (Å²) in [5.41, 5.74) is 0.360. The second-order valence-electron chi connectivity index (χ2n) is 4.19. The second-order valence-corrected chi connectivity index (χ2v) is 8.97. The molecule has 22 heavy (non-hydrogen) atoms. The molecule has 0 aliphatic carbocycles. The number of halogens is 4. The number of rotatable bonds is 1. The van der Waals surface area contributed by atoms with Crippen molar-refractivity contribution in [2.45, 2.75) is 0 Å². The van der Waals surface area contributed by atoms with E-state index in [4.69, 9.17) is 12.2 Å². The number of benzene rings is 1. The fourth-order valence-electron chi connectivity index (χ4n) is 2.06. The zero-order chi connectivity index (χ0) is 16.3. The molecule has 1 saturated heterocycles. The second kappa shape index (κ2) is 5.92. The van der Waals surface area contributed by atoms with Crippen molar-refractivity contribution in [1.29, 1.82) is 0 Å². The summed E-state index contributed by atoms with van der Waals surface area (Å²) in [7, 11) is 0. The third-order valence-corrected chi connectivity index (χ3v) is 9.11. The van der Waals surface area contributed by atoms with Crippen LogP contribution >= 0.6 is 87.7 Å². The normalized spacial score (nSPS) is 17.8. The smallest absolute Gasteiger partial charge is 0.272 e. The maximum absolute atomic E-state index is 12.7. The number of thiocarbonyl (C=S) groups is 1. The van der Waals surface area contributed by atoms with Crippen LogP contribution in [-0.2, 0) is 4.79 Å². The molecule has 2 aliphatic heterocycles. The Morgan fingerprint density at radius 2 is 1.27 bits per heavy atom. The van der Waals surface area contributed by atoms with Gasteiger partial charge in [-0.15, -0.1) is 0 Å². The van der Waals surface area contributed by atoms with E-state index in [-0.39, 0.29) is 21.2 Å². The molecular weight excluding hydrogens is 592 g/mol. The van der Waals surface area contributed by atoms with Gasteiger partial charge in [0.1, 0.15) is 0 Å². The molecule has 0 bridgehead atoms. The fourth-order valence-corrected chi connectivity index (χ4v) is 5.55. The van der Waals surface area contributed by atoms with Crippen molar-refractivity contribution in [2.24, 2.45) is 0 Å². The Hall–Kier alpha value is 0.190. The monoisotopic (exact) mass is 590 g/mol. The van der Waals surface area contributed by atoms with Crippen molar-refractivity contribution in [3.8, 4) is 0 Å². The Balaban J connectivity index is 2.22. The van der Waals surface area contributed by atoms with Crippen molar-refractivity contribution >= 4 is 110 Å². The average molecular weight is 594 g/mol. The maximum Gasteiger partial charge on any atom is 0.282 e. The van der Waals surface area contributed by atoms with E-state index >= 15 is 0 Å². The number of carbonyl (C=O) groups is 3. The number of imide groups is 1. The largest absolute Gasteiger partial charge is 0.282 e. The predicted molar refractivity (Wildman–Crippen MR) is 99.6 cm³/mol. The van der Waals surface area contributed by atoms with Gasteiger partial charge in [0, 0.05) is 17.9 Å². The minimum Gasteiger partial charge on any atom is -0.272 e. The zero-order valence-corrected chi connectivity index (χ0v) is 18.1. The van der Waals surface area contributed by atoms with Gasteiger partial charge in [-0.05, 0) is 63.7 Å². The quantitative estimate of drug-likeness (QED) is 0.212. The third-order valence-electron chi connectivity index (χ3n) is 3.01. The zero-order valence-electron chi connectivity index (χ0n) is 10.2. The average Bonchev–Trinajstić information content (AvgIpc) is 2.92. The van der Waals surface area contributed by atoms with E-state index in [0.29, 0.717) is 17.9 Å². The number of hydrazine groups is 1. The number of nitrogens with zero attached hydrogens (tertiary/aromatic N) is 2. The van der Waals surface area contributed by atoms with Gasteiger partial charge in [0.25, 0.3) is 17.7 Å². The molecular formula is C11H2Br4N2O3S2. The van der Waals surface area contributed by atoms with Gasteiger partial charge in [-0.3, -0.25) is 14.4 Å². The van der Waals surface area contributed by atoms with Gasteiger partial charge in [-0.25, -0.2) is 0 Å². The highest BCUT2D eigenvalue weighted by Gasteiger charge is 2.48. The highest BCUT2D eigenvalue weighted by atomic mass is 79.9. The topological polar surface area (TPSA) is 57.7 Å². The number of amides is 3. The SMILES string of the molecule is O=C1CSC(=S)N1N1C(=O)c2c(Br)c(Br)c(Br)c(Br)c2C1=O. The lowest BCUT2D eigenvalue weighted by atomic mass is 10.1. The van der Waals surface area contributed by atoms with Gasteiger partial charge in [-0.2, -0.15) is 10.0 Å². The summed E-state index contributed by atoms with van der Waals surface area (Å²) in [5.74, 6) is -1.48. The molecule has 0 aromatic heterocycles. The fraction of sp³-hybridized carbons (Fsp3) is 0.0909. The highest BCUT2D eigenvalue weighted by Crippen LogP contribution is 2.46. The van der Waals surface area contributed by atoms with Gasteiger partial charge in [0.05, 0.1) is 16.9 Å². The van der Waals surface area contributed by atoms with Crippen LogP contribution in [0.3, 0.4) is 0 Å². The lowest BCUT2D eigenvalue weighted by Gasteiger charge is -2.24. The van der Waals surface area contributed by atoms with Crippen LogP contribution in [0.5, 0.6) is 0 Å². The van der Waals surface area contributed by atoms with Gasteiger partial charge in [0.2, 0.25) is 0 Å². The van der Waals surface area contributed by atoms with Gasteiger partial charge in [-0.1, -0.05) is 24.0 Å². The van der Waals surface area contributed by atoms with Crippen molar-refractivity contribution in [3.05, 3.63) is 29.0 Å². The van der Waals surface area contributed by atoms with Gasteiger partial charge < -0.3 is 0 Å². The van der Waals surface area contributed by atoms with Crippen LogP contribution < -0.4 is 0 Å². The Morgan fingerprint density at radius 1 is 0.818 bits per heavy atom. The first-order chi connectivity index (χ1) is 10.3. The van der Waals surface area contributed by atoms with Crippen LogP contribution in [0.15, 0.2) is 17.9 Å². The molecule has 0 unspecified atom stereocenters. The van der Waals surface area contributed by atoms with Crippen LogP contribution in [0, 0.1) is 0 Å². The lowest BCUT2D eigenvalue weighted by molar-refractivity contribution is -0.130. The Morgan fingerprint density at radius 3 is 1.64 bits per heavy atom. The molecule has 5 nitrogen and oxygen atoms in total. The van der Waals surface area contributed by atoms with E-state index in [1.807, 2.05) is 0 Å². The van der Waals surface area contributed by atoms with Crippen molar-refractivity contribution in [1.82, 2.24) is 10.0 Å². The Bertz CT molecular complexity index is 735. The van der Waals surface area contributed by atoms with Crippen LogP contribution in [0.1, 0.15) is 20.7 Å². The summed E-state index contributed by atoms with van der Waals surface area (Å²) < 4.78 is 2.23. The third kappa shape index (κ3) is 2.27. The van der Waals surface area contributed by atoms with E-state index < -0.39 is 17.7 Å². The van der Waals surface area contributed by atoms with Crippen LogP contribution in [0.25, 0.3) is 0 Å². The number of hydrogen-bond donors (Lipinski definition) is 0. The molecule has 3 amide bonds. The first-order valence-corrected chi connectivity index (χ1v) is 10.1. The van der Waals surface area contributed by atoms with E-state index in [0.717, 1.165) is 21.8 Å². The van der Waals surface area contributed by atoms with Gasteiger partial charge >= 0.3 is 0 Å². The minimum atomic E-state index is -0.598. The molecule has 0 N–H and O–H groups in total. The van der Waals surface area contributed by atoms with E-state index in [1.54, 1.807) is 0 Å². The molecule has 114 valence electrons. The summed E-state index contributed by atoms with van der Waals surface area (Å²) in [6.45, 7) is 0. The first-order valence-electron chi connectivity index (χ1n) is 5.51. The summed E-state index contributed by atoms with van der Waals surface area (Å²) in [5, 5.41) is 1.76. The molecule has 0 saturated carbocycles. The molecule has 1 aromatic rings. The lowest BCUT2D eigenvalue weighted by Crippen LogP contribution is -2.48. The van der Waals surface area contributed by atoms with Crippen LogP contribution in [-0.4, -0.2) is 37.8 Å². The standard InChI is InChI=1S/C11H2Br4N2O3S2/c12-5-3-4(6(13)8(15)7(5)14)10(20)17(9(3)19)16-2(18)1-22-11(16)21/h1H2. The molecule has 2 aliphatic rings. The van der Waals surface area contributed by atoms with E-state index in [1.165, 1.54) is 0 Å². The number of hydrogen-bond acceptors (Lipinski definition) is 5. The summed E-state index contributed by atoms with van der Waals surface area (Å²) >= 11 is 19.5. The predicted octanol–water partition coefficient (Wildman–Crippen LogP) is 4.11.